The minimum absolute atomic E-state index is 0.123. The zero-order valence-corrected chi connectivity index (χ0v) is 15.9. The van der Waals surface area contributed by atoms with E-state index in [0.717, 1.165) is 10.0 Å². The van der Waals surface area contributed by atoms with Crippen LogP contribution in [0.4, 0.5) is 5.69 Å². The lowest BCUT2D eigenvalue weighted by molar-refractivity contribution is -0.118. The van der Waals surface area contributed by atoms with Crippen LogP contribution >= 0.6 is 15.9 Å². The molecule has 0 spiro atoms. The maximum Gasteiger partial charge on any atom is 0.335 e. The number of amides is 1. The van der Waals surface area contributed by atoms with Gasteiger partial charge < -0.3 is 15.2 Å². The van der Waals surface area contributed by atoms with E-state index < -0.39 is 5.97 Å². The first-order valence-electron chi connectivity index (χ1n) is 7.73. The molecule has 5 nitrogen and oxygen atoms in total. The third kappa shape index (κ3) is 5.32. The van der Waals surface area contributed by atoms with Crippen molar-refractivity contribution >= 4 is 33.5 Å². The zero-order chi connectivity index (χ0) is 18.6. The van der Waals surface area contributed by atoms with Gasteiger partial charge in [-0.25, -0.2) is 4.79 Å². The van der Waals surface area contributed by atoms with Crippen molar-refractivity contribution in [3.8, 4) is 5.75 Å². The summed E-state index contributed by atoms with van der Waals surface area (Å²) in [4.78, 5) is 22.9. The molecule has 0 aromatic heterocycles. The van der Waals surface area contributed by atoms with Gasteiger partial charge >= 0.3 is 5.97 Å². The summed E-state index contributed by atoms with van der Waals surface area (Å²) >= 11 is 3.45. The first kappa shape index (κ1) is 19.0. The van der Waals surface area contributed by atoms with Gasteiger partial charge in [0.1, 0.15) is 5.75 Å². The molecular formula is C19H20BrNO4. The Labute approximate surface area is 155 Å². The van der Waals surface area contributed by atoms with Crippen molar-refractivity contribution in [2.45, 2.75) is 26.2 Å². The van der Waals surface area contributed by atoms with Crippen LogP contribution in [-0.4, -0.2) is 23.6 Å². The second-order valence-electron chi connectivity index (χ2n) is 6.61. The Bertz CT molecular complexity index is 779. The van der Waals surface area contributed by atoms with E-state index in [9.17, 15) is 9.59 Å². The molecule has 2 N–H and O–H groups in total. The molecule has 0 aliphatic carbocycles. The van der Waals surface area contributed by atoms with Crippen LogP contribution in [0.15, 0.2) is 46.9 Å². The van der Waals surface area contributed by atoms with Gasteiger partial charge in [-0.2, -0.15) is 0 Å². The van der Waals surface area contributed by atoms with Gasteiger partial charge in [-0.1, -0.05) is 36.7 Å². The third-order valence-electron chi connectivity index (χ3n) is 3.52. The molecule has 0 heterocycles. The van der Waals surface area contributed by atoms with Gasteiger partial charge in [-0.05, 0) is 47.9 Å². The van der Waals surface area contributed by atoms with Gasteiger partial charge in [0.15, 0.2) is 6.61 Å². The van der Waals surface area contributed by atoms with Crippen molar-refractivity contribution in [2.75, 3.05) is 11.9 Å². The van der Waals surface area contributed by atoms with Crippen molar-refractivity contribution in [1.82, 2.24) is 0 Å². The molecule has 1 amide bonds. The number of carbonyl (C=O) groups is 2. The smallest absolute Gasteiger partial charge is 0.335 e. The second-order valence-corrected chi connectivity index (χ2v) is 7.53. The molecule has 0 bridgehead atoms. The lowest BCUT2D eigenvalue weighted by atomic mass is 9.86. The molecule has 0 aliphatic heterocycles. The second kappa shape index (κ2) is 7.70. The molecule has 2 rings (SSSR count). The number of carboxylic acid groups (broad SMARTS) is 1. The highest BCUT2D eigenvalue weighted by atomic mass is 79.9. The molecule has 0 radical (unpaired) electrons. The topological polar surface area (TPSA) is 75.6 Å². The molecule has 25 heavy (non-hydrogen) atoms. The number of hydrogen-bond acceptors (Lipinski definition) is 3. The van der Waals surface area contributed by atoms with Crippen LogP contribution in [0.25, 0.3) is 0 Å². The summed E-state index contributed by atoms with van der Waals surface area (Å²) in [5.41, 5.74) is 1.56. The number of halogens is 1. The largest absolute Gasteiger partial charge is 0.483 e. The Kier molecular flexibility index (Phi) is 5.85. The number of carbonyl (C=O) groups excluding carboxylic acids is 1. The van der Waals surface area contributed by atoms with E-state index in [2.05, 4.69) is 42.0 Å². The Morgan fingerprint density at radius 3 is 2.32 bits per heavy atom. The van der Waals surface area contributed by atoms with E-state index in [0.29, 0.717) is 11.4 Å². The molecule has 2 aromatic carbocycles. The fourth-order valence-corrected chi connectivity index (χ4v) is 2.61. The number of aromatic carboxylic acids is 1. The number of hydrogen-bond donors (Lipinski definition) is 2. The number of ether oxygens (including phenoxy) is 1. The summed E-state index contributed by atoms with van der Waals surface area (Å²) in [5.74, 6) is -0.663. The summed E-state index contributed by atoms with van der Waals surface area (Å²) < 4.78 is 6.64. The zero-order valence-electron chi connectivity index (χ0n) is 14.3. The van der Waals surface area contributed by atoms with Crippen molar-refractivity contribution < 1.29 is 19.4 Å². The molecule has 132 valence electrons. The molecule has 2 aromatic rings. The molecule has 0 aliphatic rings. The Morgan fingerprint density at radius 2 is 1.76 bits per heavy atom. The third-order valence-corrected chi connectivity index (χ3v) is 4.02. The SMILES string of the molecule is CC(C)(C)c1cc(Br)ccc1OCC(=O)Nc1ccc(C(=O)O)cc1. The highest BCUT2D eigenvalue weighted by molar-refractivity contribution is 9.10. The monoisotopic (exact) mass is 405 g/mol. The van der Waals surface area contributed by atoms with Crippen LogP contribution in [0.2, 0.25) is 0 Å². The molecule has 0 fully saturated rings. The Morgan fingerprint density at radius 1 is 1.12 bits per heavy atom. The van der Waals surface area contributed by atoms with E-state index in [1.807, 2.05) is 18.2 Å². The fraction of sp³-hybridized carbons (Fsp3) is 0.263. The van der Waals surface area contributed by atoms with E-state index in [1.165, 1.54) is 12.1 Å². The lowest BCUT2D eigenvalue weighted by Gasteiger charge is -2.23. The standard InChI is InChI=1S/C19H20BrNO4/c1-19(2,3)15-10-13(20)6-9-16(15)25-11-17(22)21-14-7-4-12(5-8-14)18(23)24/h4-10H,11H2,1-3H3,(H,21,22)(H,23,24). The van der Waals surface area contributed by atoms with Crippen LogP contribution in [0.5, 0.6) is 5.75 Å². The number of benzene rings is 2. The highest BCUT2D eigenvalue weighted by Gasteiger charge is 2.20. The Balaban J connectivity index is 2.02. The minimum Gasteiger partial charge on any atom is -0.483 e. The highest BCUT2D eigenvalue weighted by Crippen LogP contribution is 2.33. The van der Waals surface area contributed by atoms with Crippen LogP contribution in [-0.2, 0) is 10.2 Å². The maximum atomic E-state index is 12.1. The number of nitrogens with one attached hydrogen (secondary N) is 1. The number of anilines is 1. The van der Waals surface area contributed by atoms with Gasteiger partial charge in [-0.3, -0.25) is 4.79 Å². The summed E-state index contributed by atoms with van der Waals surface area (Å²) in [6.45, 7) is 6.09. The van der Waals surface area contributed by atoms with Gasteiger partial charge in [0, 0.05) is 15.7 Å². The van der Waals surface area contributed by atoms with Crippen molar-refractivity contribution in [3.63, 3.8) is 0 Å². The quantitative estimate of drug-likeness (QED) is 0.769. The molecule has 0 unspecified atom stereocenters. The average Bonchev–Trinajstić information content (AvgIpc) is 2.53. The number of rotatable bonds is 5. The van der Waals surface area contributed by atoms with Crippen molar-refractivity contribution in [1.29, 1.82) is 0 Å². The molecule has 0 saturated heterocycles. The minimum atomic E-state index is -1.01. The first-order chi connectivity index (χ1) is 11.7. The molecule has 0 atom stereocenters. The normalized spacial score (nSPS) is 11.0. The van der Waals surface area contributed by atoms with Gasteiger partial charge in [0.05, 0.1) is 5.56 Å². The van der Waals surface area contributed by atoms with Crippen LogP contribution in [0.1, 0.15) is 36.7 Å². The van der Waals surface area contributed by atoms with E-state index in [4.69, 9.17) is 9.84 Å². The summed E-state index contributed by atoms with van der Waals surface area (Å²) in [6.07, 6.45) is 0. The summed E-state index contributed by atoms with van der Waals surface area (Å²) in [7, 11) is 0. The molecule has 6 heteroatoms. The van der Waals surface area contributed by atoms with E-state index >= 15 is 0 Å². The van der Waals surface area contributed by atoms with E-state index in [1.54, 1.807) is 12.1 Å². The summed E-state index contributed by atoms with van der Waals surface area (Å²) in [5, 5.41) is 11.6. The predicted octanol–water partition coefficient (Wildman–Crippen LogP) is 4.46. The van der Waals surface area contributed by atoms with Crippen molar-refractivity contribution in [2.24, 2.45) is 0 Å². The van der Waals surface area contributed by atoms with Crippen LogP contribution in [0.3, 0.4) is 0 Å². The first-order valence-corrected chi connectivity index (χ1v) is 8.52. The van der Waals surface area contributed by atoms with Crippen molar-refractivity contribution in [3.05, 3.63) is 58.1 Å². The Hall–Kier alpha value is -2.34. The predicted molar refractivity (Wildman–Crippen MR) is 100 cm³/mol. The molecular weight excluding hydrogens is 386 g/mol. The number of carboxylic acids is 1. The van der Waals surface area contributed by atoms with Crippen LogP contribution < -0.4 is 10.1 Å². The van der Waals surface area contributed by atoms with Gasteiger partial charge in [0.2, 0.25) is 0 Å². The van der Waals surface area contributed by atoms with Crippen LogP contribution in [0, 0.1) is 0 Å². The van der Waals surface area contributed by atoms with E-state index in [-0.39, 0.29) is 23.5 Å². The fourth-order valence-electron chi connectivity index (χ4n) is 2.25. The molecule has 0 saturated carbocycles. The maximum absolute atomic E-state index is 12.1. The van der Waals surface area contributed by atoms with Gasteiger partial charge in [0.25, 0.3) is 5.91 Å². The van der Waals surface area contributed by atoms with Gasteiger partial charge in [-0.15, -0.1) is 0 Å². The average molecular weight is 406 g/mol. The summed E-state index contributed by atoms with van der Waals surface area (Å²) in [6, 6.07) is 11.6. The lowest BCUT2D eigenvalue weighted by Crippen LogP contribution is -2.22.